The van der Waals surface area contributed by atoms with Crippen LogP contribution in [0.1, 0.15) is 17.7 Å². The number of H-pyrrole nitrogens is 2. The van der Waals surface area contributed by atoms with Crippen LogP contribution in [0, 0.1) is 0 Å². The predicted molar refractivity (Wildman–Crippen MR) is 108 cm³/mol. The van der Waals surface area contributed by atoms with Gasteiger partial charge in [0, 0.05) is 36.7 Å². The molecular weight excluding hydrogens is 372 g/mol. The Morgan fingerprint density at radius 1 is 1.14 bits per heavy atom. The van der Waals surface area contributed by atoms with Gasteiger partial charge < -0.3 is 14.5 Å². The molecule has 0 saturated carbocycles. The van der Waals surface area contributed by atoms with E-state index in [9.17, 15) is 4.79 Å². The number of hydrogen-bond acceptors (Lipinski definition) is 6. The summed E-state index contributed by atoms with van der Waals surface area (Å²) in [5.41, 5.74) is 3.47. The molecule has 5 rings (SSSR count). The molecule has 0 unspecified atom stereocenters. The van der Waals surface area contributed by atoms with Crippen molar-refractivity contribution in [2.45, 2.75) is 6.42 Å². The molecule has 1 aliphatic heterocycles. The van der Waals surface area contributed by atoms with Crippen molar-refractivity contribution in [1.82, 2.24) is 29.9 Å². The van der Waals surface area contributed by atoms with Crippen LogP contribution in [0.15, 0.2) is 35.5 Å². The lowest BCUT2D eigenvalue weighted by atomic mass is 10.1. The zero-order valence-corrected chi connectivity index (χ0v) is 15.7. The van der Waals surface area contributed by atoms with Gasteiger partial charge in [0.2, 0.25) is 11.4 Å². The predicted octanol–water partition coefficient (Wildman–Crippen LogP) is 2.38. The van der Waals surface area contributed by atoms with Gasteiger partial charge in [-0.05, 0) is 18.2 Å². The van der Waals surface area contributed by atoms with E-state index in [-0.39, 0.29) is 5.56 Å². The fraction of sp³-hybridized carbons (Fsp3) is 0.200. The number of hydrogen-bond donors (Lipinski definition) is 2. The van der Waals surface area contributed by atoms with E-state index in [0.29, 0.717) is 42.5 Å². The molecule has 2 bridgehead atoms. The maximum Gasteiger partial charge on any atom is 0.248 e. The molecule has 5 heterocycles. The summed E-state index contributed by atoms with van der Waals surface area (Å²) in [5.74, 6) is 1.25. The van der Waals surface area contributed by atoms with Gasteiger partial charge in [-0.3, -0.25) is 14.9 Å². The first kappa shape index (κ1) is 17.2. The van der Waals surface area contributed by atoms with Crippen molar-refractivity contribution in [3.63, 3.8) is 0 Å². The van der Waals surface area contributed by atoms with E-state index >= 15 is 0 Å². The summed E-state index contributed by atoms with van der Waals surface area (Å²) in [6.07, 6.45) is 9.52. The van der Waals surface area contributed by atoms with Crippen LogP contribution in [0.25, 0.3) is 34.3 Å². The smallest absolute Gasteiger partial charge is 0.248 e. The maximum atomic E-state index is 11.9. The molecule has 4 aromatic heterocycles. The summed E-state index contributed by atoms with van der Waals surface area (Å²) in [6, 6.07) is 3.40. The van der Waals surface area contributed by atoms with E-state index in [0.717, 1.165) is 22.2 Å². The minimum absolute atomic E-state index is 0.217. The zero-order chi connectivity index (χ0) is 19.8. The fourth-order valence-electron chi connectivity index (χ4n) is 3.30. The van der Waals surface area contributed by atoms with Crippen LogP contribution < -0.4 is 15.0 Å². The van der Waals surface area contributed by atoms with Gasteiger partial charge in [-0.25, -0.2) is 4.68 Å². The van der Waals surface area contributed by atoms with Gasteiger partial charge in [-0.1, -0.05) is 0 Å². The van der Waals surface area contributed by atoms with Gasteiger partial charge in [0.1, 0.15) is 5.75 Å². The normalized spacial score (nSPS) is 14.9. The molecular formula is C20H18N6O3. The fourth-order valence-corrected chi connectivity index (χ4v) is 3.30. The molecule has 0 radical (unpaired) electrons. The molecule has 0 amide bonds. The van der Waals surface area contributed by atoms with E-state index in [1.807, 2.05) is 25.3 Å². The number of aromatic nitrogens is 6. The monoisotopic (exact) mass is 390 g/mol. The van der Waals surface area contributed by atoms with Crippen molar-refractivity contribution in [2.75, 3.05) is 13.2 Å². The number of ether oxygens (including phenoxy) is 2. The molecule has 0 aliphatic carbocycles. The number of nitrogens with one attached hydrogen (secondary N) is 2. The van der Waals surface area contributed by atoms with Crippen molar-refractivity contribution in [3.05, 3.63) is 52.3 Å². The van der Waals surface area contributed by atoms with Crippen LogP contribution >= 0.6 is 0 Å². The molecule has 0 saturated heterocycles. The summed E-state index contributed by atoms with van der Waals surface area (Å²) < 4.78 is 13.5. The van der Waals surface area contributed by atoms with Gasteiger partial charge in [0.25, 0.3) is 0 Å². The van der Waals surface area contributed by atoms with Gasteiger partial charge in [0.05, 0.1) is 48.1 Å². The third-order valence-electron chi connectivity index (χ3n) is 4.76. The quantitative estimate of drug-likeness (QED) is 0.477. The minimum atomic E-state index is -0.217. The van der Waals surface area contributed by atoms with E-state index < -0.39 is 0 Å². The summed E-state index contributed by atoms with van der Waals surface area (Å²) in [6.45, 7) is 0.902. The van der Waals surface area contributed by atoms with Gasteiger partial charge in [-0.15, -0.1) is 0 Å². The lowest BCUT2D eigenvalue weighted by Gasteiger charge is -2.11. The van der Waals surface area contributed by atoms with Gasteiger partial charge in [0.15, 0.2) is 0 Å². The Morgan fingerprint density at radius 2 is 2.03 bits per heavy atom. The molecule has 9 nitrogen and oxygen atoms in total. The standard InChI is InChI=1S/C20H18N6O3/c1-26-20-12(9-23-26)3-4-15-13-7-16(21-10-17(13)25-24-15)14-8-19(27)22-11-18(14)28-5-2-6-29-20/h3-4,7-11H,2,5-6H2,1H3,(H,22,27)(H,24,25)/b4-3+. The van der Waals surface area contributed by atoms with Crippen molar-refractivity contribution >= 4 is 23.1 Å². The van der Waals surface area contributed by atoms with Gasteiger partial charge >= 0.3 is 0 Å². The number of nitrogens with zero attached hydrogens (tertiary/aromatic N) is 4. The zero-order valence-electron chi connectivity index (χ0n) is 15.7. The average Bonchev–Trinajstić information content (AvgIpc) is 3.29. The lowest BCUT2D eigenvalue weighted by molar-refractivity contribution is 0.235. The highest BCUT2D eigenvalue weighted by Crippen LogP contribution is 2.30. The topological polar surface area (TPSA) is 111 Å². The first-order chi connectivity index (χ1) is 14.2. The number of pyridine rings is 2. The Balaban J connectivity index is 1.68. The first-order valence-electron chi connectivity index (χ1n) is 9.22. The summed E-state index contributed by atoms with van der Waals surface area (Å²) in [7, 11) is 1.84. The van der Waals surface area contributed by atoms with Crippen LogP contribution in [0.4, 0.5) is 0 Å². The van der Waals surface area contributed by atoms with Crippen molar-refractivity contribution in [2.24, 2.45) is 7.05 Å². The van der Waals surface area contributed by atoms with Crippen LogP contribution in [-0.2, 0) is 7.05 Å². The third-order valence-corrected chi connectivity index (χ3v) is 4.76. The largest absolute Gasteiger partial charge is 0.491 e. The van der Waals surface area contributed by atoms with E-state index in [1.54, 1.807) is 23.3 Å². The molecule has 0 fully saturated rings. The molecule has 9 heteroatoms. The van der Waals surface area contributed by atoms with Crippen molar-refractivity contribution in [3.8, 4) is 22.9 Å². The van der Waals surface area contributed by atoms with E-state index in [4.69, 9.17) is 9.47 Å². The number of fused-ring (bicyclic) bond motifs is 4. The first-order valence-corrected chi connectivity index (χ1v) is 9.22. The molecule has 1 aliphatic rings. The maximum absolute atomic E-state index is 11.9. The van der Waals surface area contributed by atoms with Crippen LogP contribution in [0.2, 0.25) is 0 Å². The summed E-state index contributed by atoms with van der Waals surface area (Å²) in [5, 5.41) is 12.5. The van der Waals surface area contributed by atoms with Crippen LogP contribution in [0.3, 0.4) is 0 Å². The van der Waals surface area contributed by atoms with Crippen LogP contribution in [0.5, 0.6) is 11.6 Å². The Labute approximate surface area is 165 Å². The minimum Gasteiger partial charge on any atom is -0.491 e. The lowest BCUT2D eigenvalue weighted by Crippen LogP contribution is -2.10. The Bertz CT molecular complexity index is 1280. The number of aryl methyl sites for hydroxylation is 1. The number of aromatic amines is 2. The van der Waals surface area contributed by atoms with Gasteiger partial charge in [-0.2, -0.15) is 10.2 Å². The highest BCUT2D eigenvalue weighted by molar-refractivity contribution is 5.91. The van der Waals surface area contributed by atoms with Crippen molar-refractivity contribution < 1.29 is 9.47 Å². The summed E-state index contributed by atoms with van der Waals surface area (Å²) in [4.78, 5) is 19.1. The van der Waals surface area contributed by atoms with E-state index in [1.165, 1.54) is 6.07 Å². The second kappa shape index (κ2) is 6.93. The van der Waals surface area contributed by atoms with Crippen molar-refractivity contribution in [1.29, 1.82) is 0 Å². The summed E-state index contributed by atoms with van der Waals surface area (Å²) >= 11 is 0. The second-order valence-electron chi connectivity index (χ2n) is 6.71. The molecule has 0 spiro atoms. The second-order valence-corrected chi connectivity index (χ2v) is 6.71. The molecule has 4 aromatic rings. The highest BCUT2D eigenvalue weighted by atomic mass is 16.5. The molecule has 2 N–H and O–H groups in total. The van der Waals surface area contributed by atoms with Crippen LogP contribution in [-0.4, -0.2) is 43.2 Å². The highest BCUT2D eigenvalue weighted by Gasteiger charge is 2.14. The Hall–Kier alpha value is -3.88. The average molecular weight is 390 g/mol. The Kier molecular flexibility index (Phi) is 4.12. The molecule has 0 atom stereocenters. The SMILES string of the molecule is Cn1ncc2c1OCCCOc1c[nH]c(=O)cc1-c1cc3c(n[nH]c3cn1)/C=C/2. The molecule has 146 valence electrons. The number of rotatable bonds is 0. The third kappa shape index (κ3) is 3.16. The Morgan fingerprint density at radius 3 is 2.97 bits per heavy atom. The van der Waals surface area contributed by atoms with E-state index in [2.05, 4.69) is 25.3 Å². The molecule has 29 heavy (non-hydrogen) atoms. The molecule has 0 aromatic carbocycles.